The van der Waals surface area contributed by atoms with Crippen LogP contribution < -0.4 is 14.2 Å². The predicted octanol–water partition coefficient (Wildman–Crippen LogP) is 1.47. The molecule has 1 aliphatic carbocycles. The van der Waals surface area contributed by atoms with Gasteiger partial charge in [-0.25, -0.2) is 13.1 Å². The van der Waals surface area contributed by atoms with Crippen LogP contribution in [0.15, 0.2) is 23.1 Å². The molecule has 1 saturated carbocycles. The maximum Gasteiger partial charge on any atom is 0.264 e. The van der Waals surface area contributed by atoms with E-state index in [0.29, 0.717) is 37.2 Å². The van der Waals surface area contributed by atoms with E-state index in [9.17, 15) is 13.2 Å². The second-order valence-electron chi connectivity index (χ2n) is 6.05. The Kier molecular flexibility index (Phi) is 4.96. The lowest BCUT2D eigenvalue weighted by Crippen LogP contribution is -2.38. The van der Waals surface area contributed by atoms with Gasteiger partial charge >= 0.3 is 0 Å². The average Bonchev–Trinajstić information content (AvgIpc) is 3.38. The van der Waals surface area contributed by atoms with Crippen molar-refractivity contribution in [3.8, 4) is 11.5 Å². The van der Waals surface area contributed by atoms with Gasteiger partial charge in [0.2, 0.25) is 0 Å². The van der Waals surface area contributed by atoms with E-state index in [2.05, 4.69) is 4.72 Å². The summed E-state index contributed by atoms with van der Waals surface area (Å²) in [5.74, 6) is 0.682. The van der Waals surface area contributed by atoms with E-state index in [4.69, 9.17) is 14.2 Å². The second-order valence-corrected chi connectivity index (χ2v) is 7.73. The molecule has 24 heavy (non-hydrogen) atoms. The van der Waals surface area contributed by atoms with E-state index in [-0.39, 0.29) is 4.90 Å². The van der Waals surface area contributed by atoms with Crippen LogP contribution in [0.5, 0.6) is 11.5 Å². The Morgan fingerprint density at radius 2 is 2.00 bits per heavy atom. The molecular formula is C16H21NO6S. The molecule has 1 aliphatic heterocycles. The number of hydrogen-bond donors (Lipinski definition) is 1. The van der Waals surface area contributed by atoms with Crippen LogP contribution in [0.3, 0.4) is 0 Å². The van der Waals surface area contributed by atoms with Crippen molar-refractivity contribution >= 4 is 15.9 Å². The van der Waals surface area contributed by atoms with Crippen LogP contribution in [0.25, 0.3) is 0 Å². The fourth-order valence-electron chi connectivity index (χ4n) is 2.23. The van der Waals surface area contributed by atoms with Gasteiger partial charge in [-0.2, -0.15) is 0 Å². The van der Waals surface area contributed by atoms with Crippen LogP contribution in [0, 0.1) is 5.92 Å². The van der Waals surface area contributed by atoms with E-state index in [1.807, 2.05) is 0 Å². The number of carbonyl (C=O) groups excluding carboxylic acids is 1. The van der Waals surface area contributed by atoms with Gasteiger partial charge in [0.1, 0.15) is 6.10 Å². The highest BCUT2D eigenvalue weighted by Gasteiger charge is 2.27. The molecule has 2 aliphatic rings. The maximum absolute atomic E-state index is 12.4. The number of sulfonamides is 1. The lowest BCUT2D eigenvalue weighted by Gasteiger charge is -2.14. The van der Waals surface area contributed by atoms with Gasteiger partial charge in [0, 0.05) is 12.5 Å². The minimum Gasteiger partial charge on any atom is -0.490 e. The van der Waals surface area contributed by atoms with Crippen molar-refractivity contribution in [2.45, 2.75) is 37.2 Å². The van der Waals surface area contributed by atoms with Gasteiger partial charge in [-0.3, -0.25) is 4.79 Å². The van der Waals surface area contributed by atoms with Crippen molar-refractivity contribution in [2.24, 2.45) is 5.92 Å². The highest BCUT2D eigenvalue weighted by Crippen LogP contribution is 2.32. The predicted molar refractivity (Wildman–Crippen MR) is 85.5 cm³/mol. The zero-order chi connectivity index (χ0) is 17.2. The number of nitrogens with one attached hydrogen (secondary N) is 1. The summed E-state index contributed by atoms with van der Waals surface area (Å²) < 4.78 is 43.2. The molecule has 132 valence electrons. The van der Waals surface area contributed by atoms with Crippen LogP contribution in [-0.2, 0) is 19.6 Å². The first kappa shape index (κ1) is 17.0. The van der Waals surface area contributed by atoms with Crippen LogP contribution in [0.1, 0.15) is 26.2 Å². The molecule has 0 spiro atoms. The Bertz CT molecular complexity index is 713. The summed E-state index contributed by atoms with van der Waals surface area (Å²) in [7, 11) is -3.99. The van der Waals surface area contributed by atoms with Crippen molar-refractivity contribution in [1.29, 1.82) is 0 Å². The molecule has 1 aromatic carbocycles. The quantitative estimate of drug-likeness (QED) is 0.831. The third-order valence-electron chi connectivity index (χ3n) is 3.91. The van der Waals surface area contributed by atoms with Gasteiger partial charge in [0.25, 0.3) is 15.9 Å². The Hall–Kier alpha value is -1.80. The summed E-state index contributed by atoms with van der Waals surface area (Å²) in [5.41, 5.74) is 0. The molecule has 1 fully saturated rings. The third kappa shape index (κ3) is 4.18. The van der Waals surface area contributed by atoms with Gasteiger partial charge in [-0.1, -0.05) is 0 Å². The lowest BCUT2D eigenvalue weighted by molar-refractivity contribution is -0.130. The molecule has 0 saturated heterocycles. The zero-order valence-electron chi connectivity index (χ0n) is 13.5. The van der Waals surface area contributed by atoms with Crippen molar-refractivity contribution in [3.63, 3.8) is 0 Å². The standard InChI is InChI=1S/C16H21NO6S/c1-11(23-10-12-3-4-12)16(18)17-24(19,20)13-5-6-14-15(9-13)22-8-2-7-21-14/h5-6,9,11-12H,2-4,7-8,10H2,1H3,(H,17,18)/t11-/m1/s1. The number of hydrogen-bond acceptors (Lipinski definition) is 6. The van der Waals surface area contributed by atoms with Crippen LogP contribution in [0.4, 0.5) is 0 Å². The third-order valence-corrected chi connectivity index (χ3v) is 5.26. The Morgan fingerprint density at radius 3 is 2.71 bits per heavy atom. The van der Waals surface area contributed by atoms with Crippen LogP contribution in [0.2, 0.25) is 0 Å². The minimum atomic E-state index is -3.99. The molecular weight excluding hydrogens is 334 g/mol. The molecule has 1 heterocycles. The normalized spacial score (nSPS) is 18.5. The number of fused-ring (bicyclic) bond motifs is 1. The summed E-state index contributed by atoms with van der Waals surface area (Å²) in [6, 6.07) is 4.29. The number of carbonyl (C=O) groups is 1. The molecule has 1 amide bonds. The maximum atomic E-state index is 12.4. The summed E-state index contributed by atoms with van der Waals surface area (Å²) in [6.45, 7) is 3.00. The molecule has 0 unspecified atom stereocenters. The van der Waals surface area contributed by atoms with Gasteiger partial charge in [0.15, 0.2) is 11.5 Å². The molecule has 8 heteroatoms. The van der Waals surface area contributed by atoms with E-state index in [1.54, 1.807) is 6.92 Å². The van der Waals surface area contributed by atoms with Crippen LogP contribution in [-0.4, -0.2) is 40.2 Å². The fourth-order valence-corrected chi connectivity index (χ4v) is 3.28. The van der Waals surface area contributed by atoms with E-state index < -0.39 is 22.0 Å². The first-order valence-electron chi connectivity index (χ1n) is 8.03. The van der Waals surface area contributed by atoms with E-state index in [0.717, 1.165) is 19.3 Å². The monoisotopic (exact) mass is 355 g/mol. The Labute approximate surface area is 141 Å². The summed E-state index contributed by atoms with van der Waals surface area (Å²) in [5, 5.41) is 0. The van der Waals surface area contributed by atoms with Crippen LogP contribution >= 0.6 is 0 Å². The topological polar surface area (TPSA) is 90.9 Å². The van der Waals surface area contributed by atoms with Crippen molar-refractivity contribution in [2.75, 3.05) is 19.8 Å². The van der Waals surface area contributed by atoms with Gasteiger partial charge in [-0.05, 0) is 37.8 Å². The highest BCUT2D eigenvalue weighted by molar-refractivity contribution is 7.90. The number of benzene rings is 1. The average molecular weight is 355 g/mol. The molecule has 1 N–H and O–H groups in total. The smallest absolute Gasteiger partial charge is 0.264 e. The first-order chi connectivity index (χ1) is 11.5. The molecule has 1 aromatic rings. The molecule has 0 aromatic heterocycles. The SMILES string of the molecule is C[C@@H](OCC1CC1)C(=O)NS(=O)(=O)c1ccc2c(c1)OCCCO2. The molecule has 0 bridgehead atoms. The molecule has 3 rings (SSSR count). The van der Waals surface area contributed by atoms with E-state index >= 15 is 0 Å². The molecule has 7 nitrogen and oxygen atoms in total. The summed E-state index contributed by atoms with van der Waals surface area (Å²) in [4.78, 5) is 12.0. The largest absolute Gasteiger partial charge is 0.490 e. The Morgan fingerprint density at radius 1 is 1.29 bits per heavy atom. The minimum absolute atomic E-state index is 0.0468. The van der Waals surface area contributed by atoms with Crippen molar-refractivity contribution in [3.05, 3.63) is 18.2 Å². The second kappa shape index (κ2) is 6.98. The molecule has 0 radical (unpaired) electrons. The number of rotatable bonds is 6. The summed E-state index contributed by atoms with van der Waals surface area (Å²) >= 11 is 0. The first-order valence-corrected chi connectivity index (χ1v) is 9.52. The zero-order valence-corrected chi connectivity index (χ0v) is 14.3. The Balaban J connectivity index is 1.67. The summed E-state index contributed by atoms with van der Waals surface area (Å²) in [6.07, 6.45) is 2.11. The fraction of sp³-hybridized carbons (Fsp3) is 0.562. The van der Waals surface area contributed by atoms with E-state index in [1.165, 1.54) is 18.2 Å². The highest BCUT2D eigenvalue weighted by atomic mass is 32.2. The van der Waals surface area contributed by atoms with Gasteiger partial charge in [-0.15, -0.1) is 0 Å². The van der Waals surface area contributed by atoms with Gasteiger partial charge in [0.05, 0.1) is 24.7 Å². The number of amides is 1. The number of ether oxygens (including phenoxy) is 3. The van der Waals surface area contributed by atoms with Gasteiger partial charge < -0.3 is 14.2 Å². The van der Waals surface area contributed by atoms with Crippen molar-refractivity contribution in [1.82, 2.24) is 4.72 Å². The van der Waals surface area contributed by atoms with Crippen molar-refractivity contribution < 1.29 is 27.4 Å². The molecule has 1 atom stereocenters. The lowest BCUT2D eigenvalue weighted by atomic mass is 10.3.